The highest BCUT2D eigenvalue weighted by Gasteiger charge is 2.32. The average Bonchev–Trinajstić information content (AvgIpc) is 2.82. The Labute approximate surface area is 207 Å². The van der Waals surface area contributed by atoms with E-state index in [9.17, 15) is 4.79 Å². The molecule has 2 aromatic rings. The molecule has 0 fully saturated rings. The molecule has 0 aromatic heterocycles. The average molecular weight is 469 g/mol. The van der Waals surface area contributed by atoms with Gasteiger partial charge in [0.2, 0.25) is 0 Å². The molecule has 0 aliphatic carbocycles. The number of benzene rings is 2. The third-order valence-electron chi connectivity index (χ3n) is 6.67. The van der Waals surface area contributed by atoms with Gasteiger partial charge in [0.15, 0.2) is 6.04 Å². The standard InChI is InChI=1S/C30H46NO3/c1-6-7-8-9-10-12-15-27-18-20-29(21-19-27)34-25(2)22-23-33-30(32)26(3)31(4,5)24-28-16-13-11-14-17-28/h11,13-14,16-21,25-26H,6-10,12,15,22-24H2,1-5H3/q+1. The second kappa shape index (κ2) is 14.8. The molecule has 0 saturated carbocycles. The van der Waals surface area contributed by atoms with Crippen LogP contribution in [0.3, 0.4) is 0 Å². The summed E-state index contributed by atoms with van der Waals surface area (Å²) >= 11 is 0. The van der Waals surface area contributed by atoms with Gasteiger partial charge in [-0.25, -0.2) is 4.79 Å². The fourth-order valence-corrected chi connectivity index (χ4v) is 4.06. The van der Waals surface area contributed by atoms with Crippen LogP contribution in [0.25, 0.3) is 0 Å². The summed E-state index contributed by atoms with van der Waals surface area (Å²) in [6, 6.07) is 18.5. The summed E-state index contributed by atoms with van der Waals surface area (Å²) in [7, 11) is 4.14. The van der Waals surface area contributed by atoms with Gasteiger partial charge in [-0.05, 0) is 44.4 Å². The number of esters is 1. The Balaban J connectivity index is 1.67. The Morgan fingerprint density at radius 2 is 1.50 bits per heavy atom. The van der Waals surface area contributed by atoms with Gasteiger partial charge < -0.3 is 14.0 Å². The number of aryl methyl sites for hydroxylation is 1. The van der Waals surface area contributed by atoms with Gasteiger partial charge in [0.25, 0.3) is 0 Å². The summed E-state index contributed by atoms with van der Waals surface area (Å²) in [5.74, 6) is 0.715. The number of nitrogens with zero attached hydrogens (tertiary/aromatic N) is 1. The quantitative estimate of drug-likeness (QED) is 0.152. The minimum atomic E-state index is -0.240. The lowest BCUT2D eigenvalue weighted by molar-refractivity contribution is -0.917. The third kappa shape index (κ3) is 10.3. The molecule has 2 unspecified atom stereocenters. The zero-order valence-electron chi connectivity index (χ0n) is 22.1. The van der Waals surface area contributed by atoms with Crippen LogP contribution in [0, 0.1) is 0 Å². The van der Waals surface area contributed by atoms with Gasteiger partial charge >= 0.3 is 5.97 Å². The fourth-order valence-electron chi connectivity index (χ4n) is 4.06. The molecule has 0 bridgehead atoms. The van der Waals surface area contributed by atoms with Gasteiger partial charge in [0, 0.05) is 12.0 Å². The van der Waals surface area contributed by atoms with Crippen molar-refractivity contribution in [1.82, 2.24) is 0 Å². The van der Waals surface area contributed by atoms with E-state index in [1.165, 1.54) is 49.7 Å². The van der Waals surface area contributed by atoms with Crippen LogP contribution in [0.4, 0.5) is 0 Å². The summed E-state index contributed by atoms with van der Waals surface area (Å²) in [4.78, 5) is 12.6. The van der Waals surface area contributed by atoms with E-state index in [4.69, 9.17) is 9.47 Å². The number of likely N-dealkylation sites (N-methyl/N-ethyl adjacent to an activating group) is 1. The van der Waals surface area contributed by atoms with E-state index in [0.717, 1.165) is 18.7 Å². The van der Waals surface area contributed by atoms with Crippen molar-refractivity contribution in [2.75, 3.05) is 20.7 Å². The molecule has 188 valence electrons. The second-order valence-electron chi connectivity index (χ2n) is 10.1. The van der Waals surface area contributed by atoms with Gasteiger partial charge in [0.1, 0.15) is 12.3 Å². The fraction of sp³-hybridized carbons (Fsp3) is 0.567. The maximum absolute atomic E-state index is 12.6. The molecular weight excluding hydrogens is 422 g/mol. The van der Waals surface area contributed by atoms with E-state index >= 15 is 0 Å². The second-order valence-corrected chi connectivity index (χ2v) is 10.1. The summed E-state index contributed by atoms with van der Waals surface area (Å²) in [5, 5.41) is 0. The van der Waals surface area contributed by atoms with Crippen molar-refractivity contribution < 1.29 is 18.8 Å². The van der Waals surface area contributed by atoms with Crippen molar-refractivity contribution in [3.05, 3.63) is 65.7 Å². The van der Waals surface area contributed by atoms with Crippen molar-refractivity contribution in [2.24, 2.45) is 0 Å². The van der Waals surface area contributed by atoms with Crippen LogP contribution in [0.15, 0.2) is 54.6 Å². The maximum atomic E-state index is 12.6. The molecule has 34 heavy (non-hydrogen) atoms. The zero-order valence-corrected chi connectivity index (χ0v) is 22.1. The molecule has 0 heterocycles. The van der Waals surface area contributed by atoms with Crippen LogP contribution in [-0.4, -0.2) is 43.3 Å². The summed E-state index contributed by atoms with van der Waals surface area (Å²) in [6.45, 7) is 7.37. The highest BCUT2D eigenvalue weighted by atomic mass is 16.5. The van der Waals surface area contributed by atoms with Gasteiger partial charge in [-0.3, -0.25) is 0 Å². The Hall–Kier alpha value is -2.33. The normalized spacial score (nSPS) is 13.3. The van der Waals surface area contributed by atoms with Gasteiger partial charge in [0.05, 0.1) is 26.8 Å². The first-order valence-corrected chi connectivity index (χ1v) is 13.1. The molecule has 2 rings (SSSR count). The van der Waals surface area contributed by atoms with E-state index in [0.29, 0.717) is 17.5 Å². The van der Waals surface area contributed by atoms with Crippen molar-refractivity contribution in [3.8, 4) is 5.75 Å². The first kappa shape index (κ1) is 27.9. The molecule has 0 saturated heterocycles. The van der Waals surface area contributed by atoms with Gasteiger partial charge in [-0.2, -0.15) is 0 Å². The number of hydrogen-bond donors (Lipinski definition) is 0. The van der Waals surface area contributed by atoms with Gasteiger partial charge in [-0.15, -0.1) is 0 Å². The number of unbranched alkanes of at least 4 members (excludes halogenated alkanes) is 5. The summed E-state index contributed by atoms with van der Waals surface area (Å²) in [6.07, 6.45) is 9.72. The predicted molar refractivity (Wildman–Crippen MR) is 141 cm³/mol. The Bertz CT molecular complexity index is 817. The first-order valence-electron chi connectivity index (χ1n) is 13.1. The van der Waals surface area contributed by atoms with Crippen LogP contribution in [0.5, 0.6) is 5.75 Å². The molecule has 2 atom stereocenters. The van der Waals surface area contributed by atoms with Crippen molar-refractivity contribution in [1.29, 1.82) is 0 Å². The monoisotopic (exact) mass is 468 g/mol. The molecule has 2 aromatic carbocycles. The minimum absolute atomic E-state index is 0.0145. The zero-order chi connectivity index (χ0) is 24.8. The molecule has 0 aliphatic heterocycles. The molecule has 0 radical (unpaired) electrons. The SMILES string of the molecule is CCCCCCCCc1ccc(OC(C)CCOC(=O)C(C)[N+](C)(C)Cc2ccccc2)cc1. The number of carbonyl (C=O) groups is 1. The van der Waals surface area contributed by atoms with Crippen molar-refractivity contribution in [3.63, 3.8) is 0 Å². The number of rotatable bonds is 16. The van der Waals surface area contributed by atoms with E-state index in [1.54, 1.807) is 0 Å². The van der Waals surface area contributed by atoms with Crippen LogP contribution < -0.4 is 4.74 Å². The van der Waals surface area contributed by atoms with Crippen molar-refractivity contribution >= 4 is 5.97 Å². The topological polar surface area (TPSA) is 35.5 Å². The molecule has 0 spiro atoms. The smallest absolute Gasteiger partial charge is 0.364 e. The van der Waals surface area contributed by atoms with Crippen molar-refractivity contribution in [2.45, 2.75) is 90.8 Å². The molecule has 4 heteroatoms. The highest BCUT2D eigenvalue weighted by molar-refractivity contribution is 5.74. The molecule has 0 aliphatic rings. The minimum Gasteiger partial charge on any atom is -0.491 e. The van der Waals surface area contributed by atoms with Crippen LogP contribution in [-0.2, 0) is 22.5 Å². The van der Waals surface area contributed by atoms with Gasteiger partial charge in [-0.1, -0.05) is 81.5 Å². The van der Waals surface area contributed by atoms with E-state index in [-0.39, 0.29) is 18.1 Å². The third-order valence-corrected chi connectivity index (χ3v) is 6.67. The van der Waals surface area contributed by atoms with E-state index in [1.807, 2.05) is 32.0 Å². The van der Waals surface area contributed by atoms with Crippen LogP contribution in [0.2, 0.25) is 0 Å². The van der Waals surface area contributed by atoms with E-state index in [2.05, 4.69) is 57.4 Å². The summed E-state index contributed by atoms with van der Waals surface area (Å²) in [5.41, 5.74) is 2.59. The lowest BCUT2D eigenvalue weighted by atomic mass is 10.0. The lowest BCUT2D eigenvalue weighted by Gasteiger charge is -2.34. The Morgan fingerprint density at radius 3 is 2.18 bits per heavy atom. The lowest BCUT2D eigenvalue weighted by Crippen LogP contribution is -2.51. The van der Waals surface area contributed by atoms with E-state index < -0.39 is 0 Å². The maximum Gasteiger partial charge on any atom is 0.364 e. The first-order chi connectivity index (χ1) is 16.3. The van der Waals surface area contributed by atoms with Crippen LogP contribution >= 0.6 is 0 Å². The molecular formula is C30H46NO3+. The highest BCUT2D eigenvalue weighted by Crippen LogP contribution is 2.18. The molecule has 4 nitrogen and oxygen atoms in total. The Kier molecular flexibility index (Phi) is 12.2. The summed E-state index contributed by atoms with van der Waals surface area (Å²) < 4.78 is 12.2. The number of carbonyl (C=O) groups excluding carboxylic acids is 1. The largest absolute Gasteiger partial charge is 0.491 e. The molecule has 0 amide bonds. The Morgan fingerprint density at radius 1 is 0.853 bits per heavy atom. The predicted octanol–water partition coefficient (Wildman–Crippen LogP) is 6.96. The number of ether oxygens (including phenoxy) is 2. The number of hydrogen-bond acceptors (Lipinski definition) is 3. The molecule has 0 N–H and O–H groups in total. The van der Waals surface area contributed by atoms with Crippen LogP contribution in [0.1, 0.15) is 76.8 Å². The number of quaternary nitrogens is 1.